The van der Waals surface area contributed by atoms with Crippen molar-refractivity contribution in [2.75, 3.05) is 26.3 Å². The average Bonchev–Trinajstić information content (AvgIpc) is 2.58. The number of hydrogen-bond acceptors (Lipinski definition) is 4. The van der Waals surface area contributed by atoms with E-state index >= 15 is 0 Å². The summed E-state index contributed by atoms with van der Waals surface area (Å²) in [6, 6.07) is 0. The molecule has 23 heavy (non-hydrogen) atoms. The lowest BCUT2D eigenvalue weighted by Crippen LogP contribution is -2.48. The van der Waals surface area contributed by atoms with Gasteiger partial charge in [0.1, 0.15) is 0 Å². The molecule has 5 rings (SSSR count). The van der Waals surface area contributed by atoms with Crippen molar-refractivity contribution in [1.29, 1.82) is 0 Å². The Morgan fingerprint density at radius 2 is 1.70 bits per heavy atom. The Labute approximate surface area is 139 Å². The van der Waals surface area contributed by atoms with Crippen molar-refractivity contribution < 1.29 is 21.9 Å². The molecule has 0 aromatic rings. The van der Waals surface area contributed by atoms with Crippen molar-refractivity contribution in [3.05, 3.63) is 0 Å². The van der Waals surface area contributed by atoms with E-state index in [0.29, 0.717) is 44.1 Å². The fourth-order valence-corrected chi connectivity index (χ4v) is 5.43. The molecule has 0 unspecified atom stereocenters. The minimum absolute atomic E-state index is 0.413. The van der Waals surface area contributed by atoms with E-state index in [1.165, 1.54) is 24.2 Å². The fourth-order valence-electron chi connectivity index (χ4n) is 5.43. The van der Waals surface area contributed by atoms with E-state index in [9.17, 15) is 9.59 Å². The number of rotatable bonds is 2. The number of hydroxylamine groups is 1. The van der Waals surface area contributed by atoms with Gasteiger partial charge < -0.3 is 14.5 Å². The minimum atomic E-state index is -2.02. The van der Waals surface area contributed by atoms with Crippen molar-refractivity contribution >= 4 is 12.0 Å². The van der Waals surface area contributed by atoms with Crippen molar-refractivity contribution in [1.82, 2.24) is 10.4 Å². The van der Waals surface area contributed by atoms with Crippen LogP contribution >= 0.6 is 0 Å². The Balaban J connectivity index is 1.39. The van der Waals surface area contributed by atoms with Crippen molar-refractivity contribution in [3.63, 3.8) is 0 Å². The number of carbonyl (C=O) groups excluding carboxylic acids is 2. The predicted octanol–water partition coefficient (Wildman–Crippen LogP) is 2.09. The van der Waals surface area contributed by atoms with Crippen LogP contribution in [0.2, 0.25) is 0 Å². The molecule has 4 aliphatic carbocycles. The highest BCUT2D eigenvalue weighted by molar-refractivity contribution is 5.78. The van der Waals surface area contributed by atoms with Crippen LogP contribution in [0.1, 0.15) is 47.6 Å². The highest BCUT2D eigenvalue weighted by Crippen LogP contribution is 2.61. The van der Waals surface area contributed by atoms with Gasteiger partial charge >= 0.3 is 6.09 Å². The Kier molecular flexibility index (Phi) is 3.38. The Morgan fingerprint density at radius 3 is 2.26 bits per heavy atom. The number of nitrogens with one attached hydrogen (secondary N) is 1. The molecule has 0 aromatic heterocycles. The van der Waals surface area contributed by atoms with Crippen LogP contribution in [0.4, 0.5) is 4.79 Å². The van der Waals surface area contributed by atoms with Crippen LogP contribution in [0.3, 0.4) is 0 Å². The maximum atomic E-state index is 12.6. The summed E-state index contributed by atoms with van der Waals surface area (Å²) in [6.07, 6.45) is 3.20. The van der Waals surface area contributed by atoms with Gasteiger partial charge in [0, 0.05) is 22.2 Å². The minimum Gasteiger partial charge on any atom is -0.378 e. The summed E-state index contributed by atoms with van der Waals surface area (Å²) in [4.78, 5) is 30.9. The van der Waals surface area contributed by atoms with E-state index in [1.807, 2.05) is 0 Å². The molecule has 128 valence electrons. The topological polar surface area (TPSA) is 67.9 Å². The third-order valence-electron chi connectivity index (χ3n) is 5.92. The van der Waals surface area contributed by atoms with Crippen molar-refractivity contribution in [2.24, 2.45) is 23.2 Å². The number of hydrogen-bond donors (Lipinski definition) is 1. The van der Waals surface area contributed by atoms with Crippen LogP contribution in [0.5, 0.6) is 0 Å². The first kappa shape index (κ1) is 13.0. The summed E-state index contributed by atoms with van der Waals surface area (Å²) < 4.78 is 22.2. The van der Waals surface area contributed by atoms with Crippen LogP contribution in [0.25, 0.3) is 0 Å². The van der Waals surface area contributed by atoms with Gasteiger partial charge in [0.25, 0.3) is 5.91 Å². The fraction of sp³-hybridized carbons (Fsp3) is 0.882. The lowest BCUT2D eigenvalue weighted by Gasteiger charge is -2.56. The predicted molar refractivity (Wildman–Crippen MR) is 82.2 cm³/mol. The molecule has 5 aliphatic rings. The van der Waals surface area contributed by atoms with Crippen molar-refractivity contribution in [2.45, 2.75) is 44.9 Å². The van der Waals surface area contributed by atoms with E-state index in [1.54, 1.807) is 0 Å². The van der Waals surface area contributed by atoms with Gasteiger partial charge in [-0.05, 0) is 61.7 Å². The average molecular weight is 324 g/mol. The zero-order valence-electron chi connectivity index (χ0n) is 15.4. The molecule has 4 bridgehead atoms. The Hall–Kier alpha value is -1.30. The number of nitrogens with zero attached hydrogens (tertiary/aromatic N) is 1. The van der Waals surface area contributed by atoms with Gasteiger partial charge in [-0.15, -0.1) is 0 Å². The molecule has 6 heteroatoms. The molecule has 0 aromatic carbocycles. The number of ether oxygens (including phenoxy) is 1. The molecule has 1 heterocycles. The van der Waals surface area contributed by atoms with Gasteiger partial charge in [-0.3, -0.25) is 4.79 Å². The van der Waals surface area contributed by atoms with E-state index in [2.05, 4.69) is 5.48 Å². The second kappa shape index (κ2) is 5.96. The number of carbonyl (C=O) groups is 2. The molecule has 0 atom stereocenters. The largest absolute Gasteiger partial charge is 0.434 e. The third kappa shape index (κ3) is 3.18. The summed E-state index contributed by atoms with van der Waals surface area (Å²) in [5.41, 5.74) is 1.50. The van der Waals surface area contributed by atoms with Crippen LogP contribution in [-0.4, -0.2) is 43.2 Å². The smallest absolute Gasteiger partial charge is 0.378 e. The quantitative estimate of drug-likeness (QED) is 0.790. The lowest BCUT2D eigenvalue weighted by atomic mass is 9.49. The maximum Gasteiger partial charge on any atom is 0.434 e. The van der Waals surface area contributed by atoms with Crippen molar-refractivity contribution in [3.8, 4) is 0 Å². The number of amides is 2. The molecule has 1 saturated heterocycles. The van der Waals surface area contributed by atoms with Gasteiger partial charge in [-0.1, -0.05) is 0 Å². The standard InChI is InChI=1S/C17H26N2O4/c20-15(18-23-16(21)19-1-3-22-4-2-19)11-17-8-12-5-13(9-17)7-14(6-12)10-17/h12-14H,1-11H2,(H,18,20)/i11D2. The zero-order chi connectivity index (χ0) is 17.7. The monoisotopic (exact) mass is 324 g/mol. The summed E-state index contributed by atoms with van der Waals surface area (Å²) >= 11 is 0. The summed E-state index contributed by atoms with van der Waals surface area (Å²) in [6.45, 7) is 1.71. The van der Waals surface area contributed by atoms with Crippen LogP contribution in [0.15, 0.2) is 0 Å². The molecule has 0 spiro atoms. The van der Waals surface area contributed by atoms with Crippen LogP contribution < -0.4 is 5.48 Å². The number of morpholine rings is 1. The van der Waals surface area contributed by atoms with Crippen LogP contribution in [0, 0.1) is 23.2 Å². The lowest BCUT2D eigenvalue weighted by molar-refractivity contribution is -0.138. The molecule has 1 aliphatic heterocycles. The second-order valence-corrected chi connectivity index (χ2v) is 7.72. The summed E-state index contributed by atoms with van der Waals surface area (Å²) in [5.74, 6) is 0.816. The SMILES string of the molecule is [2H]C([2H])(C(=O)NOC(=O)N1CCOCC1)C12CC3CC(CC(C3)C1)C2. The van der Waals surface area contributed by atoms with E-state index in [0.717, 1.165) is 19.3 Å². The Morgan fingerprint density at radius 1 is 1.13 bits per heavy atom. The van der Waals surface area contributed by atoms with Gasteiger partial charge in [-0.25, -0.2) is 4.79 Å². The van der Waals surface area contributed by atoms with Gasteiger partial charge in [-0.2, -0.15) is 5.48 Å². The van der Waals surface area contributed by atoms with E-state index < -0.39 is 23.8 Å². The third-order valence-corrected chi connectivity index (χ3v) is 5.92. The molecule has 1 N–H and O–H groups in total. The zero-order valence-corrected chi connectivity index (χ0v) is 13.4. The first-order valence-corrected chi connectivity index (χ1v) is 8.73. The molecule has 4 saturated carbocycles. The molecular formula is C17H26N2O4. The molecule has 5 fully saturated rings. The molecule has 0 radical (unpaired) electrons. The van der Waals surface area contributed by atoms with Gasteiger partial charge in [0.05, 0.1) is 13.2 Å². The summed E-state index contributed by atoms with van der Waals surface area (Å²) in [5, 5.41) is 0. The highest BCUT2D eigenvalue weighted by atomic mass is 16.7. The molecular weight excluding hydrogens is 296 g/mol. The van der Waals surface area contributed by atoms with E-state index in [4.69, 9.17) is 12.3 Å². The Bertz CT molecular complexity index is 528. The maximum absolute atomic E-state index is 12.6. The first-order chi connectivity index (χ1) is 11.9. The first-order valence-electron chi connectivity index (χ1n) is 9.73. The second-order valence-electron chi connectivity index (χ2n) is 7.72. The van der Waals surface area contributed by atoms with Gasteiger partial charge in [0.2, 0.25) is 0 Å². The summed E-state index contributed by atoms with van der Waals surface area (Å²) in [7, 11) is 0. The molecule has 2 amide bonds. The van der Waals surface area contributed by atoms with Gasteiger partial charge in [0.15, 0.2) is 0 Å². The van der Waals surface area contributed by atoms with E-state index in [-0.39, 0.29) is 0 Å². The van der Waals surface area contributed by atoms with Crippen LogP contribution in [-0.2, 0) is 14.4 Å². The highest BCUT2D eigenvalue weighted by Gasteiger charge is 2.51. The molecule has 6 nitrogen and oxygen atoms in total. The normalized spacial score (nSPS) is 40.3.